The standard InChI is InChI=1S/C13H11N3O4/c14-5-9-2-1-3-10(4-9)15-11(17)6-16-12(18)7-20-8-13(16)19/h1-4H,6-8H2,(H,15,17). The van der Waals surface area contributed by atoms with Crippen molar-refractivity contribution in [2.45, 2.75) is 0 Å². The van der Waals surface area contributed by atoms with Gasteiger partial charge in [0.05, 0.1) is 11.6 Å². The lowest BCUT2D eigenvalue weighted by atomic mass is 10.2. The Morgan fingerprint density at radius 3 is 2.70 bits per heavy atom. The Morgan fingerprint density at radius 1 is 1.35 bits per heavy atom. The fraction of sp³-hybridized carbons (Fsp3) is 0.231. The number of morpholine rings is 1. The van der Waals surface area contributed by atoms with Gasteiger partial charge in [0.2, 0.25) is 5.91 Å². The first kappa shape index (κ1) is 13.7. The molecule has 0 aliphatic carbocycles. The van der Waals surface area contributed by atoms with Gasteiger partial charge in [0, 0.05) is 5.69 Å². The summed E-state index contributed by atoms with van der Waals surface area (Å²) in [5.41, 5.74) is 0.837. The van der Waals surface area contributed by atoms with Crippen molar-refractivity contribution in [2.24, 2.45) is 0 Å². The summed E-state index contributed by atoms with van der Waals surface area (Å²) in [6.07, 6.45) is 0. The van der Waals surface area contributed by atoms with Crippen LogP contribution in [0.1, 0.15) is 5.56 Å². The van der Waals surface area contributed by atoms with E-state index in [2.05, 4.69) is 5.32 Å². The van der Waals surface area contributed by atoms with Gasteiger partial charge in [-0.15, -0.1) is 0 Å². The predicted molar refractivity (Wildman–Crippen MR) is 67.3 cm³/mol. The smallest absolute Gasteiger partial charge is 0.255 e. The molecule has 1 aromatic rings. The third kappa shape index (κ3) is 3.18. The molecule has 0 aromatic heterocycles. The number of benzene rings is 1. The van der Waals surface area contributed by atoms with Crippen LogP contribution in [0.15, 0.2) is 24.3 Å². The van der Waals surface area contributed by atoms with Crippen molar-refractivity contribution in [3.8, 4) is 6.07 Å². The number of carbonyl (C=O) groups excluding carboxylic acids is 3. The zero-order valence-corrected chi connectivity index (χ0v) is 10.5. The van der Waals surface area contributed by atoms with Crippen LogP contribution < -0.4 is 5.32 Å². The molecule has 1 aliphatic heterocycles. The van der Waals surface area contributed by atoms with Crippen LogP contribution in [-0.4, -0.2) is 42.4 Å². The van der Waals surface area contributed by atoms with Crippen molar-refractivity contribution in [3.05, 3.63) is 29.8 Å². The molecule has 2 rings (SSSR count). The van der Waals surface area contributed by atoms with E-state index >= 15 is 0 Å². The van der Waals surface area contributed by atoms with Gasteiger partial charge >= 0.3 is 0 Å². The molecule has 0 radical (unpaired) electrons. The number of hydrogen-bond donors (Lipinski definition) is 1. The highest BCUT2D eigenvalue weighted by atomic mass is 16.5. The Balaban J connectivity index is 2.00. The maximum Gasteiger partial charge on any atom is 0.255 e. The van der Waals surface area contributed by atoms with E-state index < -0.39 is 17.7 Å². The maximum atomic E-state index is 11.8. The lowest BCUT2D eigenvalue weighted by molar-refractivity contribution is -0.159. The second-order valence-electron chi connectivity index (χ2n) is 4.11. The number of nitriles is 1. The number of anilines is 1. The molecular weight excluding hydrogens is 262 g/mol. The number of carbonyl (C=O) groups is 3. The van der Waals surface area contributed by atoms with Crippen LogP contribution in [0.25, 0.3) is 0 Å². The van der Waals surface area contributed by atoms with Gasteiger partial charge in [0.15, 0.2) is 0 Å². The highest BCUT2D eigenvalue weighted by Gasteiger charge is 2.28. The van der Waals surface area contributed by atoms with Gasteiger partial charge < -0.3 is 10.1 Å². The van der Waals surface area contributed by atoms with E-state index in [1.54, 1.807) is 18.2 Å². The quantitative estimate of drug-likeness (QED) is 0.774. The minimum atomic E-state index is -0.540. The van der Waals surface area contributed by atoms with E-state index in [4.69, 9.17) is 10.00 Å². The van der Waals surface area contributed by atoms with Gasteiger partial charge in [-0.3, -0.25) is 19.3 Å². The summed E-state index contributed by atoms with van der Waals surface area (Å²) in [6, 6.07) is 8.29. The van der Waals surface area contributed by atoms with E-state index in [-0.39, 0.29) is 19.8 Å². The molecule has 7 nitrogen and oxygen atoms in total. The largest absolute Gasteiger partial charge is 0.362 e. The van der Waals surface area contributed by atoms with Gasteiger partial charge in [-0.05, 0) is 18.2 Å². The fourth-order valence-electron chi connectivity index (χ4n) is 1.71. The Kier molecular flexibility index (Phi) is 4.08. The van der Waals surface area contributed by atoms with E-state index in [0.29, 0.717) is 11.3 Å². The van der Waals surface area contributed by atoms with Crippen LogP contribution in [0.5, 0.6) is 0 Å². The molecule has 1 heterocycles. The lowest BCUT2D eigenvalue weighted by Crippen LogP contribution is -2.49. The van der Waals surface area contributed by atoms with Gasteiger partial charge in [0.1, 0.15) is 19.8 Å². The zero-order chi connectivity index (χ0) is 14.5. The normalized spacial score (nSPS) is 14.8. The number of rotatable bonds is 3. The van der Waals surface area contributed by atoms with Gasteiger partial charge in [-0.1, -0.05) is 6.07 Å². The molecule has 0 saturated carbocycles. The molecule has 102 valence electrons. The number of hydrogen-bond acceptors (Lipinski definition) is 5. The van der Waals surface area contributed by atoms with Gasteiger partial charge in [-0.2, -0.15) is 5.26 Å². The second-order valence-corrected chi connectivity index (χ2v) is 4.11. The van der Waals surface area contributed by atoms with E-state index in [1.165, 1.54) is 6.07 Å². The van der Waals surface area contributed by atoms with Gasteiger partial charge in [-0.25, -0.2) is 0 Å². The van der Waals surface area contributed by atoms with Crippen LogP contribution in [0.2, 0.25) is 0 Å². The third-order valence-electron chi connectivity index (χ3n) is 2.63. The molecule has 1 N–H and O–H groups in total. The summed E-state index contributed by atoms with van der Waals surface area (Å²) < 4.78 is 4.75. The number of nitrogens with one attached hydrogen (secondary N) is 1. The van der Waals surface area contributed by atoms with Crippen molar-refractivity contribution in [1.82, 2.24) is 4.90 Å². The highest BCUT2D eigenvalue weighted by molar-refractivity contribution is 6.03. The molecule has 1 aromatic carbocycles. The summed E-state index contributed by atoms with van der Waals surface area (Å²) in [5, 5.41) is 11.3. The Labute approximate surface area is 114 Å². The lowest BCUT2D eigenvalue weighted by Gasteiger charge is -2.24. The van der Waals surface area contributed by atoms with Crippen molar-refractivity contribution in [1.29, 1.82) is 5.26 Å². The molecule has 1 saturated heterocycles. The van der Waals surface area contributed by atoms with Crippen LogP contribution in [0.3, 0.4) is 0 Å². The Bertz CT molecular complexity index is 590. The summed E-state index contributed by atoms with van der Waals surface area (Å²) >= 11 is 0. The molecule has 1 fully saturated rings. The SMILES string of the molecule is N#Cc1cccc(NC(=O)CN2C(=O)COCC2=O)c1. The molecule has 20 heavy (non-hydrogen) atoms. The third-order valence-corrected chi connectivity index (χ3v) is 2.63. The molecule has 1 aliphatic rings. The zero-order valence-electron chi connectivity index (χ0n) is 10.5. The summed E-state index contributed by atoms with van der Waals surface area (Å²) in [6.45, 7) is -0.774. The molecule has 7 heteroatoms. The van der Waals surface area contributed by atoms with E-state index in [1.807, 2.05) is 6.07 Å². The molecule has 0 unspecified atom stereocenters. The monoisotopic (exact) mass is 273 g/mol. The van der Waals surface area contributed by atoms with Crippen molar-refractivity contribution in [2.75, 3.05) is 25.1 Å². The van der Waals surface area contributed by atoms with E-state index in [0.717, 1.165) is 4.90 Å². The average Bonchev–Trinajstić information content (AvgIpc) is 2.43. The van der Waals surface area contributed by atoms with Crippen LogP contribution in [0.4, 0.5) is 5.69 Å². The molecule has 0 spiro atoms. The molecular formula is C13H11N3O4. The number of ether oxygens (including phenoxy) is 1. The Morgan fingerprint density at radius 2 is 2.05 bits per heavy atom. The number of amides is 3. The molecule has 3 amide bonds. The van der Waals surface area contributed by atoms with Crippen molar-refractivity contribution >= 4 is 23.4 Å². The van der Waals surface area contributed by atoms with E-state index in [9.17, 15) is 14.4 Å². The fourth-order valence-corrected chi connectivity index (χ4v) is 1.71. The first-order valence-corrected chi connectivity index (χ1v) is 5.81. The molecule has 0 atom stereocenters. The number of nitrogens with zero attached hydrogens (tertiary/aromatic N) is 2. The summed E-state index contributed by atoms with van der Waals surface area (Å²) in [4.78, 5) is 35.5. The first-order chi connectivity index (χ1) is 9.60. The first-order valence-electron chi connectivity index (χ1n) is 5.81. The Hall–Kier alpha value is -2.72. The predicted octanol–water partition coefficient (Wildman–Crippen LogP) is -0.118. The van der Waals surface area contributed by atoms with Crippen molar-refractivity contribution < 1.29 is 19.1 Å². The molecule has 0 bridgehead atoms. The topological polar surface area (TPSA) is 99.5 Å². The average molecular weight is 273 g/mol. The van der Waals surface area contributed by atoms with Crippen LogP contribution in [0, 0.1) is 11.3 Å². The van der Waals surface area contributed by atoms with Crippen LogP contribution in [-0.2, 0) is 19.1 Å². The van der Waals surface area contributed by atoms with Crippen molar-refractivity contribution in [3.63, 3.8) is 0 Å². The second kappa shape index (κ2) is 5.95. The minimum Gasteiger partial charge on any atom is -0.362 e. The van der Waals surface area contributed by atoms with Crippen LogP contribution >= 0.6 is 0 Å². The van der Waals surface area contributed by atoms with Gasteiger partial charge in [0.25, 0.3) is 11.8 Å². The maximum absolute atomic E-state index is 11.8. The summed E-state index contributed by atoms with van der Waals surface area (Å²) in [5.74, 6) is -1.59. The summed E-state index contributed by atoms with van der Waals surface area (Å²) in [7, 11) is 0. The minimum absolute atomic E-state index is 0.205. The highest BCUT2D eigenvalue weighted by Crippen LogP contribution is 2.10. The number of imide groups is 1.